The lowest BCUT2D eigenvalue weighted by Crippen LogP contribution is -2.23. The quantitative estimate of drug-likeness (QED) is 0.317. The molecule has 0 spiro atoms. The number of hydrogen-bond acceptors (Lipinski definition) is 1. The number of carbonyl (C=O) groups is 1. The van der Waals surface area contributed by atoms with Crippen molar-refractivity contribution in [3.8, 4) is 0 Å². The lowest BCUT2D eigenvalue weighted by Gasteiger charge is -2.05. The van der Waals surface area contributed by atoms with Gasteiger partial charge in [-0.2, -0.15) is 0 Å². The Hall–Kier alpha value is -0.240. The molecule has 0 aliphatic heterocycles. The summed E-state index contributed by atoms with van der Waals surface area (Å²) in [5.74, 6) is 0.950. The molecule has 3 heteroatoms. The molecule has 0 aliphatic rings. The molecule has 0 bridgehead atoms. The predicted molar refractivity (Wildman–Crippen MR) is 89.4 cm³/mol. The van der Waals surface area contributed by atoms with E-state index in [2.05, 4.69) is 12.2 Å². The first kappa shape index (κ1) is 19.8. The van der Waals surface area contributed by atoms with Crippen molar-refractivity contribution in [2.75, 3.05) is 12.4 Å². The highest BCUT2D eigenvalue weighted by molar-refractivity contribution is 6.17. The summed E-state index contributed by atoms with van der Waals surface area (Å²) in [5.41, 5.74) is 0. The molecular formula is C17H34ClNO. The monoisotopic (exact) mass is 303 g/mol. The summed E-state index contributed by atoms with van der Waals surface area (Å²) in [6.45, 7) is 3.07. The fourth-order valence-corrected chi connectivity index (χ4v) is 2.50. The Kier molecular flexibility index (Phi) is 16.6. The van der Waals surface area contributed by atoms with Crippen LogP contribution in [0.15, 0.2) is 0 Å². The van der Waals surface area contributed by atoms with Gasteiger partial charge in [0.25, 0.3) is 0 Å². The smallest absolute Gasteiger partial charge is 0.219 e. The zero-order chi connectivity index (χ0) is 14.9. The zero-order valence-electron chi connectivity index (χ0n) is 13.4. The van der Waals surface area contributed by atoms with Gasteiger partial charge in [-0.05, 0) is 19.3 Å². The second-order valence-corrected chi connectivity index (χ2v) is 6.06. The third-order valence-corrected chi connectivity index (χ3v) is 3.91. The highest BCUT2D eigenvalue weighted by atomic mass is 35.5. The largest absolute Gasteiger partial charge is 0.356 e. The Morgan fingerprint density at radius 3 is 1.95 bits per heavy atom. The number of alkyl halides is 1. The second-order valence-electron chi connectivity index (χ2n) is 5.68. The summed E-state index contributed by atoms with van der Waals surface area (Å²) in [6.07, 6.45) is 15.6. The molecule has 120 valence electrons. The Morgan fingerprint density at radius 2 is 1.35 bits per heavy atom. The topological polar surface area (TPSA) is 29.1 Å². The molecule has 0 saturated carbocycles. The second kappa shape index (κ2) is 16.8. The summed E-state index contributed by atoms with van der Waals surface area (Å²) in [6, 6.07) is 0. The van der Waals surface area contributed by atoms with Crippen LogP contribution in [0.2, 0.25) is 0 Å². The van der Waals surface area contributed by atoms with Gasteiger partial charge < -0.3 is 5.32 Å². The van der Waals surface area contributed by atoms with E-state index in [0.717, 1.165) is 38.1 Å². The van der Waals surface area contributed by atoms with Crippen LogP contribution in [0.3, 0.4) is 0 Å². The number of rotatable bonds is 15. The minimum atomic E-state index is 0.221. The Bertz CT molecular complexity index is 209. The first-order valence-corrected chi connectivity index (χ1v) is 9.17. The predicted octanol–water partition coefficient (Wildman–Crippen LogP) is 5.43. The van der Waals surface area contributed by atoms with Crippen LogP contribution in [0.4, 0.5) is 0 Å². The minimum absolute atomic E-state index is 0.221. The molecule has 20 heavy (non-hydrogen) atoms. The van der Waals surface area contributed by atoms with E-state index in [0.29, 0.717) is 6.42 Å². The Labute approximate surface area is 131 Å². The lowest BCUT2D eigenvalue weighted by molar-refractivity contribution is -0.121. The minimum Gasteiger partial charge on any atom is -0.356 e. The van der Waals surface area contributed by atoms with Crippen molar-refractivity contribution in [2.24, 2.45) is 0 Å². The molecule has 0 unspecified atom stereocenters. The van der Waals surface area contributed by atoms with E-state index < -0.39 is 0 Å². The van der Waals surface area contributed by atoms with Gasteiger partial charge in [-0.3, -0.25) is 4.79 Å². The summed E-state index contributed by atoms with van der Waals surface area (Å²) >= 11 is 5.60. The van der Waals surface area contributed by atoms with Crippen molar-refractivity contribution in [3.63, 3.8) is 0 Å². The van der Waals surface area contributed by atoms with Gasteiger partial charge in [-0.15, -0.1) is 11.6 Å². The lowest BCUT2D eigenvalue weighted by atomic mass is 10.1. The van der Waals surface area contributed by atoms with Crippen molar-refractivity contribution in [2.45, 2.75) is 90.4 Å². The number of hydrogen-bond donors (Lipinski definition) is 1. The van der Waals surface area contributed by atoms with E-state index in [1.165, 1.54) is 51.4 Å². The number of amides is 1. The molecule has 0 aromatic carbocycles. The van der Waals surface area contributed by atoms with Crippen LogP contribution in [-0.4, -0.2) is 18.3 Å². The van der Waals surface area contributed by atoms with Gasteiger partial charge in [0.2, 0.25) is 5.91 Å². The van der Waals surface area contributed by atoms with E-state index in [-0.39, 0.29) is 5.91 Å². The molecular weight excluding hydrogens is 270 g/mol. The molecule has 0 fully saturated rings. The fourth-order valence-electron chi connectivity index (χ4n) is 2.31. The van der Waals surface area contributed by atoms with Crippen LogP contribution >= 0.6 is 11.6 Å². The maximum Gasteiger partial charge on any atom is 0.219 e. The molecule has 1 amide bonds. The molecule has 0 aromatic rings. The molecule has 1 N–H and O–H groups in total. The van der Waals surface area contributed by atoms with Gasteiger partial charge in [0.15, 0.2) is 0 Å². The van der Waals surface area contributed by atoms with E-state index in [4.69, 9.17) is 11.6 Å². The first-order valence-electron chi connectivity index (χ1n) is 8.64. The maximum atomic E-state index is 11.5. The van der Waals surface area contributed by atoms with Gasteiger partial charge in [0, 0.05) is 18.8 Å². The van der Waals surface area contributed by atoms with Crippen LogP contribution in [-0.2, 0) is 4.79 Å². The highest BCUT2D eigenvalue weighted by Gasteiger charge is 2.00. The fraction of sp³-hybridized carbons (Fsp3) is 0.941. The molecule has 0 aromatic heterocycles. The van der Waals surface area contributed by atoms with Gasteiger partial charge in [-0.25, -0.2) is 0 Å². The average Bonchev–Trinajstić information content (AvgIpc) is 2.45. The Morgan fingerprint density at radius 1 is 0.800 bits per heavy atom. The van der Waals surface area contributed by atoms with Crippen molar-refractivity contribution < 1.29 is 4.79 Å². The van der Waals surface area contributed by atoms with E-state index in [9.17, 15) is 4.79 Å². The molecule has 0 atom stereocenters. The van der Waals surface area contributed by atoms with E-state index in [1.807, 2.05) is 0 Å². The van der Waals surface area contributed by atoms with Crippen molar-refractivity contribution in [3.05, 3.63) is 0 Å². The molecule has 0 saturated heterocycles. The SMILES string of the molecule is CCCCCCCCCCCC(=O)NCCCCCCl. The number of nitrogens with one attached hydrogen (secondary N) is 1. The molecule has 0 radical (unpaired) electrons. The van der Waals surface area contributed by atoms with Gasteiger partial charge in [0.1, 0.15) is 0 Å². The highest BCUT2D eigenvalue weighted by Crippen LogP contribution is 2.10. The molecule has 2 nitrogen and oxygen atoms in total. The van der Waals surface area contributed by atoms with Crippen LogP contribution in [0.25, 0.3) is 0 Å². The van der Waals surface area contributed by atoms with E-state index in [1.54, 1.807) is 0 Å². The normalized spacial score (nSPS) is 10.7. The number of unbranched alkanes of at least 4 members (excludes halogenated alkanes) is 10. The van der Waals surface area contributed by atoms with Crippen LogP contribution in [0.5, 0.6) is 0 Å². The third-order valence-electron chi connectivity index (χ3n) is 3.64. The van der Waals surface area contributed by atoms with Crippen molar-refractivity contribution in [1.29, 1.82) is 0 Å². The van der Waals surface area contributed by atoms with E-state index >= 15 is 0 Å². The molecule has 0 rings (SSSR count). The zero-order valence-corrected chi connectivity index (χ0v) is 14.1. The molecule has 0 heterocycles. The maximum absolute atomic E-state index is 11.5. The van der Waals surface area contributed by atoms with Gasteiger partial charge in [0.05, 0.1) is 0 Å². The van der Waals surface area contributed by atoms with Crippen molar-refractivity contribution in [1.82, 2.24) is 5.32 Å². The van der Waals surface area contributed by atoms with Gasteiger partial charge in [-0.1, -0.05) is 64.7 Å². The Balaban J connectivity index is 3.11. The number of halogens is 1. The van der Waals surface area contributed by atoms with Crippen LogP contribution in [0.1, 0.15) is 90.4 Å². The number of carbonyl (C=O) groups excluding carboxylic acids is 1. The standard InChI is InChI=1S/C17H34ClNO/c1-2-3-4-5-6-7-8-9-11-14-17(20)19-16-13-10-12-15-18/h2-16H2,1H3,(H,19,20). The summed E-state index contributed by atoms with van der Waals surface area (Å²) in [7, 11) is 0. The first-order chi connectivity index (χ1) is 9.81. The summed E-state index contributed by atoms with van der Waals surface area (Å²) in [4.78, 5) is 11.5. The van der Waals surface area contributed by atoms with Crippen LogP contribution < -0.4 is 5.32 Å². The summed E-state index contributed by atoms with van der Waals surface area (Å²) < 4.78 is 0. The average molecular weight is 304 g/mol. The summed E-state index contributed by atoms with van der Waals surface area (Å²) in [5, 5.41) is 2.98. The molecule has 0 aliphatic carbocycles. The van der Waals surface area contributed by atoms with Crippen LogP contribution in [0, 0.1) is 0 Å². The van der Waals surface area contributed by atoms with Gasteiger partial charge >= 0.3 is 0 Å². The van der Waals surface area contributed by atoms with Crippen molar-refractivity contribution >= 4 is 17.5 Å². The third kappa shape index (κ3) is 15.8.